The fourth-order valence-electron chi connectivity index (χ4n) is 1.50. The van der Waals surface area contributed by atoms with Gasteiger partial charge in [-0.05, 0) is 30.5 Å². The first-order valence-corrected chi connectivity index (χ1v) is 5.91. The molecule has 1 aliphatic rings. The van der Waals surface area contributed by atoms with Crippen LogP contribution in [0, 0.1) is 0 Å². The number of carbonyl (C=O) groups excluding carboxylic acids is 2. The molecule has 0 fully saturated rings. The van der Waals surface area contributed by atoms with Gasteiger partial charge in [-0.3, -0.25) is 9.59 Å². The number of imide groups is 1. The fourth-order valence-corrected chi connectivity index (χ4v) is 2.38. The molecule has 4 nitrogen and oxygen atoms in total. The Balaban J connectivity index is 2.15. The summed E-state index contributed by atoms with van der Waals surface area (Å²) in [5.41, 5.74) is 0.924. The van der Waals surface area contributed by atoms with Gasteiger partial charge in [0.05, 0.1) is 11.1 Å². The fraction of sp³-hybridized carbons (Fsp3) is 0.273. The van der Waals surface area contributed by atoms with E-state index in [0.717, 1.165) is 11.9 Å². The zero-order valence-electron chi connectivity index (χ0n) is 8.55. The van der Waals surface area contributed by atoms with Gasteiger partial charge in [0.15, 0.2) is 0 Å². The third-order valence-corrected chi connectivity index (χ3v) is 3.34. The Kier molecular flexibility index (Phi) is 3.26. The first kappa shape index (κ1) is 11.2. The van der Waals surface area contributed by atoms with Crippen molar-refractivity contribution in [1.29, 1.82) is 0 Å². The molecular formula is C11H11NO3S. The van der Waals surface area contributed by atoms with Crippen LogP contribution in [0.5, 0.6) is 0 Å². The number of hydrogen-bond acceptors (Lipinski definition) is 4. The Morgan fingerprint density at radius 1 is 1.12 bits per heavy atom. The molecule has 16 heavy (non-hydrogen) atoms. The molecule has 0 unspecified atom stereocenters. The van der Waals surface area contributed by atoms with Crippen LogP contribution in [0.4, 0.5) is 0 Å². The molecule has 0 bridgehead atoms. The molecule has 1 aliphatic heterocycles. The summed E-state index contributed by atoms with van der Waals surface area (Å²) in [5, 5.41) is 8.64. The van der Waals surface area contributed by atoms with E-state index in [1.807, 2.05) is 0 Å². The van der Waals surface area contributed by atoms with Crippen molar-refractivity contribution in [3.8, 4) is 0 Å². The van der Waals surface area contributed by atoms with Crippen LogP contribution in [-0.4, -0.2) is 33.6 Å². The first-order valence-electron chi connectivity index (χ1n) is 4.97. The lowest BCUT2D eigenvalue weighted by atomic mass is 10.1. The summed E-state index contributed by atoms with van der Waals surface area (Å²) in [6.07, 6.45) is 0.568. The molecule has 1 N–H and O–H groups in total. The SMILES string of the molecule is O=C1c2ccccc2C(=O)N1SCCCO. The largest absolute Gasteiger partial charge is 0.396 e. The number of aliphatic hydroxyl groups is 1. The third-order valence-electron chi connectivity index (χ3n) is 2.28. The molecule has 1 aromatic carbocycles. The van der Waals surface area contributed by atoms with Crippen molar-refractivity contribution in [1.82, 2.24) is 4.31 Å². The van der Waals surface area contributed by atoms with Crippen molar-refractivity contribution < 1.29 is 14.7 Å². The second-order valence-electron chi connectivity index (χ2n) is 3.36. The van der Waals surface area contributed by atoms with E-state index < -0.39 is 0 Å². The van der Waals surface area contributed by atoms with E-state index in [0.29, 0.717) is 23.3 Å². The molecule has 2 amide bonds. The van der Waals surface area contributed by atoms with Crippen LogP contribution >= 0.6 is 11.9 Å². The van der Waals surface area contributed by atoms with Gasteiger partial charge in [-0.1, -0.05) is 12.1 Å². The molecule has 0 saturated carbocycles. The number of amides is 2. The monoisotopic (exact) mass is 237 g/mol. The van der Waals surface area contributed by atoms with Gasteiger partial charge in [-0.2, -0.15) is 0 Å². The highest BCUT2D eigenvalue weighted by molar-refractivity contribution is 7.98. The second kappa shape index (κ2) is 4.67. The van der Waals surface area contributed by atoms with E-state index in [-0.39, 0.29) is 18.4 Å². The average molecular weight is 237 g/mol. The molecule has 0 spiro atoms. The Hall–Kier alpha value is -1.33. The highest BCUT2D eigenvalue weighted by atomic mass is 32.2. The molecule has 0 atom stereocenters. The zero-order valence-corrected chi connectivity index (χ0v) is 9.37. The second-order valence-corrected chi connectivity index (χ2v) is 4.39. The van der Waals surface area contributed by atoms with Crippen molar-refractivity contribution in [2.24, 2.45) is 0 Å². The van der Waals surface area contributed by atoms with Gasteiger partial charge in [-0.15, -0.1) is 0 Å². The molecule has 0 aromatic heterocycles. The van der Waals surface area contributed by atoms with Crippen LogP contribution in [-0.2, 0) is 0 Å². The summed E-state index contributed by atoms with van der Waals surface area (Å²) in [6.45, 7) is 0.0656. The Morgan fingerprint density at radius 3 is 2.19 bits per heavy atom. The summed E-state index contributed by atoms with van der Waals surface area (Å²) >= 11 is 1.16. The van der Waals surface area contributed by atoms with Crippen LogP contribution in [0.15, 0.2) is 24.3 Å². The van der Waals surface area contributed by atoms with Crippen molar-refractivity contribution in [2.75, 3.05) is 12.4 Å². The van der Waals surface area contributed by atoms with E-state index in [1.54, 1.807) is 24.3 Å². The van der Waals surface area contributed by atoms with E-state index in [4.69, 9.17) is 5.11 Å². The number of carbonyl (C=O) groups is 2. The highest BCUT2D eigenvalue weighted by Crippen LogP contribution is 2.28. The van der Waals surface area contributed by atoms with Crippen molar-refractivity contribution in [3.63, 3.8) is 0 Å². The number of fused-ring (bicyclic) bond motifs is 1. The summed E-state index contributed by atoms with van der Waals surface area (Å²) < 4.78 is 1.17. The maximum Gasteiger partial charge on any atom is 0.271 e. The number of rotatable bonds is 4. The van der Waals surface area contributed by atoms with E-state index >= 15 is 0 Å². The average Bonchev–Trinajstić information content (AvgIpc) is 2.55. The quantitative estimate of drug-likeness (QED) is 0.487. The van der Waals surface area contributed by atoms with E-state index in [1.165, 1.54) is 4.31 Å². The van der Waals surface area contributed by atoms with Crippen molar-refractivity contribution in [3.05, 3.63) is 35.4 Å². The van der Waals surface area contributed by atoms with Crippen LogP contribution in [0.1, 0.15) is 27.1 Å². The Morgan fingerprint density at radius 2 is 1.69 bits per heavy atom. The minimum Gasteiger partial charge on any atom is -0.396 e. The molecule has 0 aliphatic carbocycles. The van der Waals surface area contributed by atoms with E-state index in [9.17, 15) is 9.59 Å². The van der Waals surface area contributed by atoms with Gasteiger partial charge in [-0.25, -0.2) is 4.31 Å². The van der Waals surface area contributed by atoms with Crippen LogP contribution < -0.4 is 0 Å². The van der Waals surface area contributed by atoms with Crippen LogP contribution in [0.25, 0.3) is 0 Å². The molecule has 2 rings (SSSR count). The molecule has 0 radical (unpaired) electrons. The maximum absolute atomic E-state index is 11.8. The number of benzene rings is 1. The Labute approximate surface area is 97.4 Å². The predicted molar refractivity (Wildman–Crippen MR) is 61.1 cm³/mol. The normalized spacial score (nSPS) is 14.4. The van der Waals surface area contributed by atoms with Gasteiger partial charge in [0.2, 0.25) is 0 Å². The van der Waals surface area contributed by atoms with Gasteiger partial charge in [0.1, 0.15) is 0 Å². The smallest absolute Gasteiger partial charge is 0.271 e. The lowest BCUT2D eigenvalue weighted by Gasteiger charge is -2.10. The van der Waals surface area contributed by atoms with Gasteiger partial charge in [0, 0.05) is 12.4 Å². The zero-order chi connectivity index (χ0) is 11.5. The van der Waals surface area contributed by atoms with Gasteiger partial charge >= 0.3 is 0 Å². The van der Waals surface area contributed by atoms with Gasteiger partial charge < -0.3 is 5.11 Å². The van der Waals surface area contributed by atoms with Crippen LogP contribution in [0.3, 0.4) is 0 Å². The van der Waals surface area contributed by atoms with Crippen molar-refractivity contribution >= 4 is 23.8 Å². The molecule has 5 heteroatoms. The summed E-state index contributed by atoms with van der Waals surface area (Å²) in [5.74, 6) is 0.0363. The van der Waals surface area contributed by atoms with E-state index in [2.05, 4.69) is 0 Å². The molecule has 1 aromatic rings. The standard InChI is InChI=1S/C11H11NO3S/c13-6-3-7-16-12-10(14)8-4-1-2-5-9(8)11(12)15/h1-2,4-5,13H,3,6-7H2. The van der Waals surface area contributed by atoms with Gasteiger partial charge in [0.25, 0.3) is 11.8 Å². The first-order chi connectivity index (χ1) is 7.75. The van der Waals surface area contributed by atoms with Crippen LogP contribution in [0.2, 0.25) is 0 Å². The molecular weight excluding hydrogens is 226 g/mol. The topological polar surface area (TPSA) is 57.6 Å². The molecule has 0 saturated heterocycles. The predicted octanol–water partition coefficient (Wildman–Crippen LogP) is 1.31. The minimum atomic E-state index is -0.261. The molecule has 84 valence electrons. The number of nitrogens with zero attached hydrogens (tertiary/aromatic N) is 1. The number of aliphatic hydroxyl groups excluding tert-OH is 1. The Bertz CT molecular complexity index is 398. The maximum atomic E-state index is 11.8. The lowest BCUT2D eigenvalue weighted by Crippen LogP contribution is -2.22. The number of hydrogen-bond donors (Lipinski definition) is 1. The lowest BCUT2D eigenvalue weighted by molar-refractivity contribution is 0.0777. The summed E-state index contributed by atoms with van der Waals surface area (Å²) in [7, 11) is 0. The minimum absolute atomic E-state index is 0.0656. The third kappa shape index (κ3) is 1.83. The molecule has 1 heterocycles. The summed E-state index contributed by atoms with van der Waals surface area (Å²) in [4.78, 5) is 23.6. The highest BCUT2D eigenvalue weighted by Gasteiger charge is 2.35. The summed E-state index contributed by atoms with van der Waals surface area (Å²) in [6, 6.07) is 6.79. The van der Waals surface area contributed by atoms with Crippen molar-refractivity contribution in [2.45, 2.75) is 6.42 Å².